The highest BCUT2D eigenvalue weighted by molar-refractivity contribution is 9.10. The number of amides is 2. The van der Waals surface area contributed by atoms with Crippen LogP contribution in [0.4, 0.5) is 5.69 Å². The quantitative estimate of drug-likeness (QED) is 0.383. The first kappa shape index (κ1) is 23.9. The molecule has 178 valence electrons. The highest BCUT2D eigenvalue weighted by Gasteiger charge is 2.37. The number of ketones is 1. The number of Topliss-reactive ketones (excluding diaryl/α,β-unsaturated/α-hetero) is 1. The number of hydrogen-bond donors (Lipinski definition) is 3. The van der Waals surface area contributed by atoms with Crippen LogP contribution < -0.4 is 11.1 Å². The van der Waals surface area contributed by atoms with Gasteiger partial charge in [-0.2, -0.15) is 0 Å². The first-order valence-corrected chi connectivity index (χ1v) is 11.3. The lowest BCUT2D eigenvalue weighted by molar-refractivity contribution is -0.129. The number of nitrogens with two attached hydrogens (primary N) is 1. The monoisotopic (exact) mass is 530 g/mol. The zero-order chi connectivity index (χ0) is 24.7. The molecule has 0 radical (unpaired) electrons. The number of nitrogens with zero attached hydrogens (tertiary/aromatic N) is 2. The standard InChI is InChI=1S/C23H23BrN4O6/c1-11-18(12(2)29)17(10-15-14-9-13(24)3-4-16(14)26-21(15)31)28(19(11)23(32)33)22(20(25)30)27-5-7-34-8-6-27/h3-4,9-10,22H,5-8H2,1-2H3,(H2,25,30)(H,26,31)(H,32,33). The van der Waals surface area contributed by atoms with Gasteiger partial charge in [0.1, 0.15) is 5.69 Å². The van der Waals surface area contributed by atoms with Crippen LogP contribution in [-0.2, 0) is 14.3 Å². The number of ether oxygens (including phenoxy) is 1. The summed E-state index contributed by atoms with van der Waals surface area (Å²) in [5, 5.41) is 12.8. The van der Waals surface area contributed by atoms with E-state index < -0.39 is 29.7 Å². The van der Waals surface area contributed by atoms with Crippen molar-refractivity contribution in [3.63, 3.8) is 0 Å². The van der Waals surface area contributed by atoms with E-state index in [4.69, 9.17) is 10.5 Å². The van der Waals surface area contributed by atoms with Crippen molar-refractivity contribution < 1.29 is 29.0 Å². The van der Waals surface area contributed by atoms with Crippen LogP contribution in [0.15, 0.2) is 22.7 Å². The number of morpholine rings is 1. The second-order valence-electron chi connectivity index (χ2n) is 8.09. The molecule has 11 heteroatoms. The second-order valence-corrected chi connectivity index (χ2v) is 9.01. The van der Waals surface area contributed by atoms with Gasteiger partial charge < -0.3 is 25.5 Å². The molecular weight excluding hydrogens is 508 g/mol. The number of hydrogen-bond acceptors (Lipinski definition) is 6. The molecule has 1 aromatic heterocycles. The fraction of sp³-hybridized carbons (Fsp3) is 0.304. The second kappa shape index (κ2) is 9.16. The van der Waals surface area contributed by atoms with Gasteiger partial charge in [-0.05, 0) is 43.7 Å². The summed E-state index contributed by atoms with van der Waals surface area (Å²) in [5.74, 6) is -2.91. The molecule has 4 N–H and O–H groups in total. The number of rotatable bonds is 6. The molecule has 3 heterocycles. The number of carbonyl (C=O) groups is 4. The van der Waals surface area contributed by atoms with Gasteiger partial charge in [-0.3, -0.25) is 19.3 Å². The molecule has 1 unspecified atom stereocenters. The molecule has 34 heavy (non-hydrogen) atoms. The summed E-state index contributed by atoms with van der Waals surface area (Å²) in [4.78, 5) is 52.3. The van der Waals surface area contributed by atoms with Crippen LogP contribution in [0.3, 0.4) is 0 Å². The Bertz CT molecular complexity index is 1260. The van der Waals surface area contributed by atoms with Gasteiger partial charge in [0.15, 0.2) is 11.9 Å². The Hall–Kier alpha value is -3.28. The third-order valence-corrected chi connectivity index (χ3v) is 6.47. The molecule has 1 atom stereocenters. The van der Waals surface area contributed by atoms with Gasteiger partial charge in [0.2, 0.25) is 0 Å². The maximum absolute atomic E-state index is 12.8. The van der Waals surface area contributed by atoms with Gasteiger partial charge >= 0.3 is 5.97 Å². The third kappa shape index (κ3) is 4.06. The zero-order valence-corrected chi connectivity index (χ0v) is 20.1. The molecule has 4 rings (SSSR count). The SMILES string of the molecule is CC(=O)c1c(C)c(C(=O)O)n(C(C(N)=O)N2CCOCC2)c1C=C1C(=O)Nc2ccc(Br)cc21. The number of primary amides is 1. The molecule has 0 aliphatic carbocycles. The number of fused-ring (bicyclic) bond motifs is 1. The summed E-state index contributed by atoms with van der Waals surface area (Å²) in [6.45, 7) is 4.18. The summed E-state index contributed by atoms with van der Waals surface area (Å²) >= 11 is 3.40. The number of aromatic nitrogens is 1. The normalized spacial score (nSPS) is 18.0. The van der Waals surface area contributed by atoms with Gasteiger partial charge in [-0.1, -0.05) is 15.9 Å². The predicted molar refractivity (Wildman–Crippen MR) is 127 cm³/mol. The Kier molecular flexibility index (Phi) is 6.43. The fourth-order valence-electron chi connectivity index (χ4n) is 4.57. The van der Waals surface area contributed by atoms with Crippen LogP contribution in [0.5, 0.6) is 0 Å². The molecule has 2 aromatic rings. The minimum absolute atomic E-state index is 0.112. The Balaban J connectivity index is 2.04. The Morgan fingerprint density at radius 2 is 1.94 bits per heavy atom. The van der Waals surface area contributed by atoms with E-state index in [1.54, 1.807) is 23.1 Å². The summed E-state index contributed by atoms with van der Waals surface area (Å²) in [7, 11) is 0. The number of nitrogens with one attached hydrogen (secondary N) is 1. The van der Waals surface area contributed by atoms with Gasteiger partial charge in [0, 0.05) is 34.4 Å². The molecule has 2 aliphatic heterocycles. The highest BCUT2D eigenvalue weighted by Crippen LogP contribution is 2.38. The lowest BCUT2D eigenvalue weighted by Crippen LogP contribution is -2.47. The predicted octanol–water partition coefficient (Wildman–Crippen LogP) is 2.27. The summed E-state index contributed by atoms with van der Waals surface area (Å²) in [5.41, 5.74) is 7.38. The maximum atomic E-state index is 12.8. The number of anilines is 1. The average Bonchev–Trinajstić information content (AvgIpc) is 3.22. The number of carboxylic acid groups (broad SMARTS) is 1. The lowest BCUT2D eigenvalue weighted by Gasteiger charge is -2.34. The highest BCUT2D eigenvalue weighted by atomic mass is 79.9. The van der Waals surface area contributed by atoms with Crippen LogP contribution in [0.1, 0.15) is 50.8 Å². The summed E-state index contributed by atoms with van der Waals surface area (Å²) < 4.78 is 7.37. The van der Waals surface area contributed by atoms with Crippen LogP contribution in [0, 0.1) is 6.92 Å². The van der Waals surface area contributed by atoms with Crippen molar-refractivity contribution in [2.45, 2.75) is 20.0 Å². The topological polar surface area (TPSA) is 144 Å². The maximum Gasteiger partial charge on any atom is 0.352 e. The molecule has 1 saturated heterocycles. The smallest absolute Gasteiger partial charge is 0.352 e. The molecule has 2 aliphatic rings. The molecule has 2 amide bonds. The molecule has 1 fully saturated rings. The van der Waals surface area contributed by atoms with Crippen LogP contribution >= 0.6 is 15.9 Å². The van der Waals surface area contributed by atoms with E-state index in [0.29, 0.717) is 37.6 Å². The molecule has 0 spiro atoms. The van der Waals surface area contributed by atoms with Crippen molar-refractivity contribution >= 4 is 56.8 Å². The first-order chi connectivity index (χ1) is 16.1. The van der Waals surface area contributed by atoms with E-state index in [-0.39, 0.29) is 28.1 Å². The molecule has 10 nitrogen and oxygen atoms in total. The van der Waals surface area contributed by atoms with Gasteiger partial charge in [-0.25, -0.2) is 4.79 Å². The van der Waals surface area contributed by atoms with E-state index in [2.05, 4.69) is 21.2 Å². The Morgan fingerprint density at radius 3 is 2.53 bits per heavy atom. The van der Waals surface area contributed by atoms with Crippen molar-refractivity contribution in [3.8, 4) is 0 Å². The number of halogens is 1. The number of benzene rings is 1. The Morgan fingerprint density at radius 1 is 1.26 bits per heavy atom. The Labute approximate surface area is 203 Å². The van der Waals surface area contributed by atoms with E-state index in [9.17, 15) is 24.3 Å². The van der Waals surface area contributed by atoms with Crippen molar-refractivity contribution in [2.24, 2.45) is 5.73 Å². The minimum atomic E-state index is -1.32. The van der Waals surface area contributed by atoms with Crippen molar-refractivity contribution in [3.05, 3.63) is 50.8 Å². The van der Waals surface area contributed by atoms with Gasteiger partial charge in [0.05, 0.1) is 24.5 Å². The van der Waals surface area contributed by atoms with Crippen LogP contribution in [0.2, 0.25) is 0 Å². The molecule has 1 aromatic carbocycles. The average molecular weight is 531 g/mol. The van der Waals surface area contributed by atoms with Crippen molar-refractivity contribution in [2.75, 3.05) is 31.6 Å². The zero-order valence-electron chi connectivity index (χ0n) is 18.6. The fourth-order valence-corrected chi connectivity index (χ4v) is 4.93. The minimum Gasteiger partial charge on any atom is -0.477 e. The van der Waals surface area contributed by atoms with Crippen molar-refractivity contribution in [1.82, 2.24) is 9.47 Å². The third-order valence-electron chi connectivity index (χ3n) is 5.98. The van der Waals surface area contributed by atoms with E-state index in [0.717, 1.165) is 4.47 Å². The van der Waals surface area contributed by atoms with Crippen molar-refractivity contribution in [1.29, 1.82) is 0 Å². The summed E-state index contributed by atoms with van der Waals surface area (Å²) in [6, 6.07) is 5.26. The van der Waals surface area contributed by atoms with E-state index in [1.807, 2.05) is 0 Å². The van der Waals surface area contributed by atoms with E-state index in [1.165, 1.54) is 24.5 Å². The molecule has 0 bridgehead atoms. The van der Waals surface area contributed by atoms with Crippen LogP contribution in [-0.4, -0.2) is 64.4 Å². The van der Waals surface area contributed by atoms with E-state index >= 15 is 0 Å². The van der Waals surface area contributed by atoms with Crippen LogP contribution in [0.25, 0.3) is 11.6 Å². The largest absolute Gasteiger partial charge is 0.477 e. The first-order valence-electron chi connectivity index (χ1n) is 10.5. The van der Waals surface area contributed by atoms with Gasteiger partial charge in [0.25, 0.3) is 11.8 Å². The number of aromatic carboxylic acids is 1. The molecule has 0 saturated carbocycles. The lowest BCUT2D eigenvalue weighted by atomic mass is 10.0. The summed E-state index contributed by atoms with van der Waals surface area (Å²) in [6.07, 6.45) is 0.264. The molecular formula is C23H23BrN4O6. The van der Waals surface area contributed by atoms with Gasteiger partial charge in [-0.15, -0.1) is 0 Å². The number of carbonyl (C=O) groups excluding carboxylic acids is 3. The number of carboxylic acids is 1.